The fourth-order valence-corrected chi connectivity index (χ4v) is 2.32. The van der Waals surface area contributed by atoms with Crippen molar-refractivity contribution in [2.75, 3.05) is 21.2 Å². The van der Waals surface area contributed by atoms with Crippen LogP contribution in [0, 0.1) is 0 Å². The van der Waals surface area contributed by atoms with E-state index in [0.717, 1.165) is 15.6 Å². The van der Waals surface area contributed by atoms with Crippen LogP contribution >= 0.6 is 0 Å². The van der Waals surface area contributed by atoms with Crippen LogP contribution in [0.1, 0.15) is 12.5 Å². The minimum atomic E-state index is -3.37. The van der Waals surface area contributed by atoms with Gasteiger partial charge in [0.05, 0.1) is 7.11 Å². The lowest BCUT2D eigenvalue weighted by atomic mass is 10.1. The predicted molar refractivity (Wildman–Crippen MR) is 71.9 cm³/mol. The molecule has 0 radical (unpaired) electrons. The Morgan fingerprint density at radius 1 is 1.28 bits per heavy atom. The maximum atomic E-state index is 11.6. The highest BCUT2D eigenvalue weighted by molar-refractivity contribution is 7.87. The first-order valence-corrected chi connectivity index (χ1v) is 7.12. The lowest BCUT2D eigenvalue weighted by Crippen LogP contribution is -2.41. The highest BCUT2D eigenvalue weighted by atomic mass is 32.2. The molecule has 1 atom stereocenters. The van der Waals surface area contributed by atoms with Gasteiger partial charge in [-0.05, 0) is 31.0 Å². The van der Waals surface area contributed by atoms with E-state index in [1.165, 1.54) is 14.1 Å². The number of rotatable bonds is 6. The molecule has 18 heavy (non-hydrogen) atoms. The Morgan fingerprint density at radius 3 is 2.28 bits per heavy atom. The Labute approximate surface area is 109 Å². The van der Waals surface area contributed by atoms with Gasteiger partial charge in [0.1, 0.15) is 5.75 Å². The van der Waals surface area contributed by atoms with Gasteiger partial charge in [0, 0.05) is 20.1 Å². The van der Waals surface area contributed by atoms with Crippen molar-refractivity contribution < 1.29 is 13.2 Å². The Kier molecular flexibility index (Phi) is 5.13. The van der Waals surface area contributed by atoms with Gasteiger partial charge in [0.2, 0.25) is 0 Å². The molecule has 0 aliphatic carbocycles. The van der Waals surface area contributed by atoms with Gasteiger partial charge in [-0.25, -0.2) is 0 Å². The highest BCUT2D eigenvalue weighted by Crippen LogP contribution is 2.12. The maximum Gasteiger partial charge on any atom is 0.279 e. The summed E-state index contributed by atoms with van der Waals surface area (Å²) in [5, 5.41) is 0. The molecule has 5 nitrogen and oxygen atoms in total. The molecule has 0 unspecified atom stereocenters. The van der Waals surface area contributed by atoms with E-state index in [-0.39, 0.29) is 6.04 Å². The molecular formula is C12H20N2O3S. The molecule has 0 bridgehead atoms. The van der Waals surface area contributed by atoms with E-state index in [1.807, 2.05) is 31.2 Å². The molecular weight excluding hydrogens is 252 g/mol. The molecule has 1 rings (SSSR count). The van der Waals surface area contributed by atoms with Crippen LogP contribution in [-0.2, 0) is 16.6 Å². The van der Waals surface area contributed by atoms with Gasteiger partial charge in [0.25, 0.3) is 10.2 Å². The fraction of sp³-hybridized carbons (Fsp3) is 0.500. The third kappa shape index (κ3) is 4.29. The Balaban J connectivity index is 2.62. The van der Waals surface area contributed by atoms with E-state index in [0.29, 0.717) is 6.42 Å². The smallest absolute Gasteiger partial charge is 0.279 e. The Morgan fingerprint density at radius 2 is 1.83 bits per heavy atom. The van der Waals surface area contributed by atoms with Crippen molar-refractivity contribution >= 4 is 10.2 Å². The summed E-state index contributed by atoms with van der Waals surface area (Å²) in [7, 11) is 1.25. The van der Waals surface area contributed by atoms with Crippen molar-refractivity contribution in [2.45, 2.75) is 19.4 Å². The van der Waals surface area contributed by atoms with Crippen molar-refractivity contribution in [3.63, 3.8) is 0 Å². The zero-order valence-corrected chi connectivity index (χ0v) is 12.0. The first kappa shape index (κ1) is 14.9. The van der Waals surface area contributed by atoms with Gasteiger partial charge in [0.15, 0.2) is 0 Å². The largest absolute Gasteiger partial charge is 0.497 e. The monoisotopic (exact) mass is 272 g/mol. The molecule has 0 spiro atoms. The first-order chi connectivity index (χ1) is 8.35. The van der Waals surface area contributed by atoms with Gasteiger partial charge < -0.3 is 4.74 Å². The van der Waals surface area contributed by atoms with E-state index in [1.54, 1.807) is 7.11 Å². The van der Waals surface area contributed by atoms with Crippen molar-refractivity contribution in [3.8, 4) is 5.75 Å². The summed E-state index contributed by atoms with van der Waals surface area (Å²) in [5.41, 5.74) is 1.06. The lowest BCUT2D eigenvalue weighted by molar-refractivity contribution is 0.414. The third-order valence-electron chi connectivity index (χ3n) is 2.53. The van der Waals surface area contributed by atoms with E-state index in [4.69, 9.17) is 4.74 Å². The molecule has 0 heterocycles. The third-order valence-corrected chi connectivity index (χ3v) is 4.19. The quantitative estimate of drug-likeness (QED) is 0.841. The molecule has 0 amide bonds. The first-order valence-electron chi connectivity index (χ1n) is 5.68. The van der Waals surface area contributed by atoms with Crippen LogP contribution < -0.4 is 9.46 Å². The van der Waals surface area contributed by atoms with Gasteiger partial charge in [-0.2, -0.15) is 17.4 Å². The average Bonchev–Trinajstić information content (AvgIpc) is 2.29. The normalized spacial score (nSPS) is 13.6. The summed E-state index contributed by atoms with van der Waals surface area (Å²) < 4.78 is 32.1. The van der Waals surface area contributed by atoms with E-state index in [9.17, 15) is 8.42 Å². The zero-order valence-electron chi connectivity index (χ0n) is 11.2. The van der Waals surface area contributed by atoms with Crippen molar-refractivity contribution in [1.29, 1.82) is 0 Å². The molecule has 0 aliphatic heterocycles. The number of methoxy groups -OCH3 is 1. The van der Waals surface area contributed by atoms with E-state index < -0.39 is 10.2 Å². The van der Waals surface area contributed by atoms with Gasteiger partial charge in [-0.15, -0.1) is 0 Å². The van der Waals surface area contributed by atoms with Gasteiger partial charge in [-0.1, -0.05) is 12.1 Å². The Bertz CT molecular complexity index is 469. The Hall–Kier alpha value is -1.11. The predicted octanol–water partition coefficient (Wildman–Crippen LogP) is 1.02. The number of hydrogen-bond donors (Lipinski definition) is 1. The van der Waals surface area contributed by atoms with Crippen molar-refractivity contribution in [1.82, 2.24) is 9.03 Å². The van der Waals surface area contributed by atoms with Crippen LogP contribution in [0.25, 0.3) is 0 Å². The second-order valence-electron chi connectivity index (χ2n) is 4.36. The number of nitrogens with zero attached hydrogens (tertiary/aromatic N) is 1. The SMILES string of the molecule is COc1ccc(C[C@@H](C)NS(=O)(=O)N(C)C)cc1. The average molecular weight is 272 g/mol. The summed E-state index contributed by atoms with van der Waals surface area (Å²) in [6, 6.07) is 7.43. The molecule has 0 fully saturated rings. The number of nitrogens with one attached hydrogen (secondary N) is 1. The summed E-state index contributed by atoms with van der Waals surface area (Å²) >= 11 is 0. The van der Waals surface area contributed by atoms with Crippen molar-refractivity contribution in [3.05, 3.63) is 29.8 Å². The second-order valence-corrected chi connectivity index (χ2v) is 6.27. The van der Waals surface area contributed by atoms with Gasteiger partial charge in [-0.3, -0.25) is 0 Å². The summed E-state index contributed by atoms with van der Waals surface area (Å²) in [5.74, 6) is 0.792. The summed E-state index contributed by atoms with van der Waals surface area (Å²) in [6.45, 7) is 1.84. The summed E-state index contributed by atoms with van der Waals surface area (Å²) in [6.07, 6.45) is 0.636. The molecule has 0 aliphatic rings. The minimum Gasteiger partial charge on any atom is -0.497 e. The van der Waals surface area contributed by atoms with Crippen molar-refractivity contribution in [2.24, 2.45) is 0 Å². The molecule has 1 aromatic rings. The lowest BCUT2D eigenvalue weighted by Gasteiger charge is -2.18. The maximum absolute atomic E-state index is 11.6. The number of benzene rings is 1. The number of hydrogen-bond acceptors (Lipinski definition) is 3. The van der Waals surface area contributed by atoms with Crippen LogP contribution in [-0.4, -0.2) is 40.0 Å². The van der Waals surface area contributed by atoms with E-state index >= 15 is 0 Å². The number of ether oxygens (including phenoxy) is 1. The molecule has 102 valence electrons. The molecule has 0 saturated carbocycles. The molecule has 0 aromatic heterocycles. The van der Waals surface area contributed by atoms with E-state index in [2.05, 4.69) is 4.72 Å². The van der Waals surface area contributed by atoms with Gasteiger partial charge >= 0.3 is 0 Å². The van der Waals surface area contributed by atoms with Crippen LogP contribution in [0.3, 0.4) is 0 Å². The molecule has 1 N–H and O–H groups in total. The van der Waals surface area contributed by atoms with Crippen LogP contribution in [0.2, 0.25) is 0 Å². The standard InChI is InChI=1S/C12H20N2O3S/c1-10(13-18(15,16)14(2)3)9-11-5-7-12(17-4)8-6-11/h5-8,10,13H,9H2,1-4H3/t10-/m1/s1. The topological polar surface area (TPSA) is 58.6 Å². The highest BCUT2D eigenvalue weighted by Gasteiger charge is 2.16. The van der Waals surface area contributed by atoms with Crippen LogP contribution in [0.5, 0.6) is 5.75 Å². The van der Waals surface area contributed by atoms with Crippen LogP contribution in [0.4, 0.5) is 0 Å². The van der Waals surface area contributed by atoms with Crippen LogP contribution in [0.15, 0.2) is 24.3 Å². The summed E-state index contributed by atoms with van der Waals surface area (Å²) in [4.78, 5) is 0. The second kappa shape index (κ2) is 6.17. The molecule has 0 saturated heterocycles. The zero-order chi connectivity index (χ0) is 13.8. The molecule has 6 heteroatoms. The molecule has 1 aromatic carbocycles. The fourth-order valence-electron chi connectivity index (χ4n) is 1.52. The minimum absolute atomic E-state index is 0.161.